The predicted molar refractivity (Wildman–Crippen MR) is 112 cm³/mol. The van der Waals surface area contributed by atoms with Gasteiger partial charge < -0.3 is 10.2 Å². The Balaban J connectivity index is 1.58. The van der Waals surface area contributed by atoms with Crippen LogP contribution in [0.1, 0.15) is 42.0 Å². The normalized spacial score (nSPS) is 15.1. The fourth-order valence-electron chi connectivity index (χ4n) is 3.32. The monoisotopic (exact) mass is 381 g/mol. The number of piperazine rings is 1. The number of nitrogens with zero attached hydrogens (tertiary/aromatic N) is 4. The second kappa shape index (κ2) is 9.64. The molecule has 1 fully saturated rings. The van der Waals surface area contributed by atoms with E-state index in [1.165, 1.54) is 5.56 Å². The molecule has 1 aromatic heterocycles. The Bertz CT molecular complexity index is 770. The van der Waals surface area contributed by atoms with E-state index in [0.717, 1.165) is 44.8 Å². The fraction of sp³-hybridized carbons (Fsp3) is 0.500. The van der Waals surface area contributed by atoms with Crippen molar-refractivity contribution >= 4 is 11.9 Å². The minimum absolute atomic E-state index is 0.116. The number of hydrogen-bond donors (Lipinski definition) is 1. The molecule has 150 valence electrons. The van der Waals surface area contributed by atoms with Gasteiger partial charge in [0.25, 0.3) is 5.91 Å². The first-order valence-corrected chi connectivity index (χ1v) is 10.2. The van der Waals surface area contributed by atoms with E-state index in [4.69, 9.17) is 0 Å². The molecule has 1 aromatic carbocycles. The first-order chi connectivity index (χ1) is 13.5. The molecule has 1 aliphatic heterocycles. The van der Waals surface area contributed by atoms with E-state index in [2.05, 4.69) is 63.2 Å². The van der Waals surface area contributed by atoms with E-state index in [-0.39, 0.29) is 5.91 Å². The van der Waals surface area contributed by atoms with Crippen molar-refractivity contribution < 1.29 is 4.79 Å². The highest BCUT2D eigenvalue weighted by Gasteiger charge is 2.21. The van der Waals surface area contributed by atoms with E-state index >= 15 is 0 Å². The average molecular weight is 382 g/mol. The summed E-state index contributed by atoms with van der Waals surface area (Å²) >= 11 is 0. The van der Waals surface area contributed by atoms with Gasteiger partial charge in [0.15, 0.2) is 0 Å². The molecule has 1 N–H and O–H groups in total. The third kappa shape index (κ3) is 5.76. The molecule has 6 heteroatoms. The number of aromatic nitrogens is 2. The first-order valence-electron chi connectivity index (χ1n) is 10.2. The van der Waals surface area contributed by atoms with Gasteiger partial charge in [-0.05, 0) is 30.9 Å². The summed E-state index contributed by atoms with van der Waals surface area (Å²) < 4.78 is 0. The quantitative estimate of drug-likeness (QED) is 0.799. The third-order valence-electron chi connectivity index (χ3n) is 4.99. The summed E-state index contributed by atoms with van der Waals surface area (Å²) in [7, 11) is 0. The smallest absolute Gasteiger partial charge is 0.270 e. The van der Waals surface area contributed by atoms with Gasteiger partial charge in [0, 0.05) is 45.0 Å². The Morgan fingerprint density at radius 3 is 2.50 bits per heavy atom. The minimum Gasteiger partial charge on any atom is -0.351 e. The van der Waals surface area contributed by atoms with Crippen molar-refractivity contribution in [3.63, 3.8) is 0 Å². The van der Waals surface area contributed by atoms with Gasteiger partial charge in [0.2, 0.25) is 5.95 Å². The number of hydrogen-bond acceptors (Lipinski definition) is 5. The summed E-state index contributed by atoms with van der Waals surface area (Å²) in [5, 5.41) is 2.97. The van der Waals surface area contributed by atoms with Crippen molar-refractivity contribution in [3.8, 4) is 0 Å². The number of anilines is 1. The lowest BCUT2D eigenvalue weighted by Crippen LogP contribution is -2.46. The molecule has 6 nitrogen and oxygen atoms in total. The largest absolute Gasteiger partial charge is 0.351 e. The van der Waals surface area contributed by atoms with E-state index in [1.807, 2.05) is 13.0 Å². The lowest BCUT2D eigenvalue weighted by Gasteiger charge is -2.34. The SMILES string of the molecule is Cc1cc(C(=O)NCCC(C)C)nc(N2CCN(Cc3ccccc3)CC2)n1. The van der Waals surface area contributed by atoms with E-state index in [0.29, 0.717) is 24.1 Å². The fourth-order valence-corrected chi connectivity index (χ4v) is 3.32. The molecule has 0 saturated carbocycles. The van der Waals surface area contributed by atoms with Crippen molar-refractivity contribution in [2.24, 2.45) is 5.92 Å². The zero-order valence-corrected chi connectivity index (χ0v) is 17.2. The molecule has 1 saturated heterocycles. The number of rotatable bonds is 7. The zero-order valence-electron chi connectivity index (χ0n) is 17.2. The molecular formula is C22H31N5O. The maximum atomic E-state index is 12.4. The highest BCUT2D eigenvalue weighted by atomic mass is 16.1. The molecule has 2 heterocycles. The summed E-state index contributed by atoms with van der Waals surface area (Å²) in [4.78, 5) is 26.2. The van der Waals surface area contributed by atoms with Crippen LogP contribution in [-0.2, 0) is 6.54 Å². The van der Waals surface area contributed by atoms with Crippen LogP contribution in [0.3, 0.4) is 0 Å². The van der Waals surface area contributed by atoms with E-state index < -0.39 is 0 Å². The van der Waals surface area contributed by atoms with E-state index in [1.54, 1.807) is 6.07 Å². The summed E-state index contributed by atoms with van der Waals surface area (Å²) in [6, 6.07) is 12.3. The third-order valence-corrected chi connectivity index (χ3v) is 4.99. The second-order valence-corrected chi connectivity index (χ2v) is 7.88. The van der Waals surface area contributed by atoms with Crippen molar-refractivity contribution in [3.05, 3.63) is 53.3 Å². The van der Waals surface area contributed by atoms with Gasteiger partial charge in [-0.15, -0.1) is 0 Å². The Morgan fingerprint density at radius 1 is 1.11 bits per heavy atom. The summed E-state index contributed by atoms with van der Waals surface area (Å²) in [6.45, 7) is 11.5. The Labute approximate surface area is 168 Å². The van der Waals surface area contributed by atoms with Gasteiger partial charge in [-0.2, -0.15) is 0 Å². The number of benzene rings is 1. The Morgan fingerprint density at radius 2 is 1.82 bits per heavy atom. The van der Waals surface area contributed by atoms with Crippen molar-refractivity contribution in [1.82, 2.24) is 20.2 Å². The maximum absolute atomic E-state index is 12.4. The molecule has 0 bridgehead atoms. The summed E-state index contributed by atoms with van der Waals surface area (Å²) in [6.07, 6.45) is 0.964. The molecule has 0 atom stereocenters. The molecule has 0 radical (unpaired) electrons. The van der Waals surface area contributed by atoms with Crippen LogP contribution >= 0.6 is 0 Å². The first kappa shape index (κ1) is 20.3. The molecule has 1 aliphatic rings. The molecule has 1 amide bonds. The van der Waals surface area contributed by atoms with Gasteiger partial charge >= 0.3 is 0 Å². The van der Waals surface area contributed by atoms with Crippen molar-refractivity contribution in [2.45, 2.75) is 33.7 Å². The molecule has 0 unspecified atom stereocenters. The van der Waals surface area contributed by atoms with Gasteiger partial charge in [0.05, 0.1) is 0 Å². The highest BCUT2D eigenvalue weighted by Crippen LogP contribution is 2.15. The second-order valence-electron chi connectivity index (χ2n) is 7.88. The Kier molecular flexibility index (Phi) is 6.98. The van der Waals surface area contributed by atoms with Crippen molar-refractivity contribution in [2.75, 3.05) is 37.6 Å². The van der Waals surface area contributed by atoms with Crippen LogP contribution in [-0.4, -0.2) is 53.5 Å². The number of carbonyl (C=O) groups excluding carboxylic acids is 1. The number of carbonyl (C=O) groups is 1. The number of amides is 1. The minimum atomic E-state index is -0.116. The van der Waals surface area contributed by atoms with Crippen LogP contribution in [0.2, 0.25) is 0 Å². The highest BCUT2D eigenvalue weighted by molar-refractivity contribution is 5.92. The topological polar surface area (TPSA) is 61.4 Å². The molecule has 0 aliphatic carbocycles. The number of aryl methyl sites for hydroxylation is 1. The molecule has 2 aromatic rings. The standard InChI is InChI=1S/C22H31N5O/c1-17(2)9-10-23-21(28)20-15-18(3)24-22(25-20)27-13-11-26(12-14-27)16-19-7-5-4-6-8-19/h4-8,15,17H,9-14,16H2,1-3H3,(H,23,28). The predicted octanol–water partition coefficient (Wildman–Crippen LogP) is 2.88. The van der Waals surface area contributed by atoms with Crippen LogP contribution < -0.4 is 10.2 Å². The van der Waals surface area contributed by atoms with E-state index in [9.17, 15) is 4.79 Å². The van der Waals surface area contributed by atoms with Crippen LogP contribution in [0.25, 0.3) is 0 Å². The average Bonchev–Trinajstić information content (AvgIpc) is 2.68. The molecule has 0 spiro atoms. The molecule has 28 heavy (non-hydrogen) atoms. The van der Waals surface area contributed by atoms with Gasteiger partial charge in [-0.3, -0.25) is 9.69 Å². The molecular weight excluding hydrogens is 350 g/mol. The van der Waals surface area contributed by atoms with Crippen LogP contribution in [0.4, 0.5) is 5.95 Å². The van der Waals surface area contributed by atoms with Gasteiger partial charge in [-0.25, -0.2) is 9.97 Å². The van der Waals surface area contributed by atoms with Crippen LogP contribution in [0, 0.1) is 12.8 Å². The number of nitrogens with one attached hydrogen (secondary N) is 1. The van der Waals surface area contributed by atoms with Crippen LogP contribution in [0.15, 0.2) is 36.4 Å². The maximum Gasteiger partial charge on any atom is 0.270 e. The Hall–Kier alpha value is -2.47. The zero-order chi connectivity index (χ0) is 19.9. The van der Waals surface area contributed by atoms with Gasteiger partial charge in [0.1, 0.15) is 5.69 Å². The van der Waals surface area contributed by atoms with Crippen molar-refractivity contribution in [1.29, 1.82) is 0 Å². The van der Waals surface area contributed by atoms with Gasteiger partial charge in [-0.1, -0.05) is 44.2 Å². The lowest BCUT2D eigenvalue weighted by atomic mass is 10.1. The summed E-state index contributed by atoms with van der Waals surface area (Å²) in [5.74, 6) is 1.11. The lowest BCUT2D eigenvalue weighted by molar-refractivity contribution is 0.0946. The molecule has 3 rings (SSSR count). The summed E-state index contributed by atoms with van der Waals surface area (Å²) in [5.41, 5.74) is 2.62. The van der Waals surface area contributed by atoms with Crippen LogP contribution in [0.5, 0.6) is 0 Å².